The van der Waals surface area contributed by atoms with Gasteiger partial charge in [-0.25, -0.2) is 0 Å². The lowest BCUT2D eigenvalue weighted by molar-refractivity contribution is -0.138. The molecule has 0 aliphatic heterocycles. The Balaban J connectivity index is 1.97. The van der Waals surface area contributed by atoms with Crippen LogP contribution < -0.4 is 10.9 Å². The molecule has 0 bridgehead atoms. The molecular weight excluding hydrogens is 430 g/mol. The maximum absolute atomic E-state index is 13.4. The molecule has 34 heavy (non-hydrogen) atoms. The number of nitrogens with zero attached hydrogens (tertiary/aromatic N) is 2. The number of hydrogen-bond donors (Lipinski definition) is 2. The van der Waals surface area contributed by atoms with Gasteiger partial charge >= 0.3 is 5.97 Å². The molecule has 7 nitrogen and oxygen atoms in total. The number of hydrogen-bond acceptors (Lipinski definition) is 4. The third-order valence-corrected chi connectivity index (χ3v) is 5.80. The second-order valence-corrected chi connectivity index (χ2v) is 8.99. The van der Waals surface area contributed by atoms with E-state index in [-0.39, 0.29) is 17.9 Å². The fraction of sp³-hybridized carbons (Fsp3) is 0.333. The molecule has 1 amide bonds. The molecule has 3 aromatic rings. The van der Waals surface area contributed by atoms with Crippen LogP contribution in [0.5, 0.6) is 0 Å². The minimum atomic E-state index is -1.03. The molecule has 178 valence electrons. The number of rotatable bonds is 9. The van der Waals surface area contributed by atoms with Gasteiger partial charge in [0.2, 0.25) is 5.91 Å². The largest absolute Gasteiger partial charge is 0.481 e. The zero-order valence-electron chi connectivity index (χ0n) is 20.0. The summed E-state index contributed by atoms with van der Waals surface area (Å²) in [6, 6.07) is 12.8. The summed E-state index contributed by atoms with van der Waals surface area (Å²) in [5.41, 5.74) is 4.19. The highest BCUT2D eigenvalue weighted by atomic mass is 16.4. The minimum Gasteiger partial charge on any atom is -0.481 e. The normalized spacial score (nSPS) is 12.9. The number of carboxylic acid groups (broad SMARTS) is 1. The fourth-order valence-electron chi connectivity index (χ4n) is 4.20. The Labute approximate surface area is 199 Å². The van der Waals surface area contributed by atoms with Gasteiger partial charge in [0.15, 0.2) is 0 Å². The van der Waals surface area contributed by atoms with Gasteiger partial charge < -0.3 is 15.0 Å². The summed E-state index contributed by atoms with van der Waals surface area (Å²) in [6.45, 7) is 7.95. The summed E-state index contributed by atoms with van der Waals surface area (Å²) in [7, 11) is 0. The fourth-order valence-corrected chi connectivity index (χ4v) is 4.20. The second kappa shape index (κ2) is 10.9. The van der Waals surface area contributed by atoms with Crippen molar-refractivity contribution in [2.45, 2.75) is 52.6 Å². The highest BCUT2D eigenvalue weighted by Crippen LogP contribution is 2.28. The third kappa shape index (κ3) is 5.98. The van der Waals surface area contributed by atoms with E-state index < -0.39 is 24.0 Å². The van der Waals surface area contributed by atoms with E-state index in [4.69, 9.17) is 0 Å². The number of pyridine rings is 2. The number of carbonyl (C=O) groups is 2. The van der Waals surface area contributed by atoms with Crippen LogP contribution in [0.25, 0.3) is 11.3 Å². The molecule has 0 saturated carbocycles. The first-order valence-corrected chi connectivity index (χ1v) is 11.4. The molecule has 0 aliphatic carbocycles. The number of aliphatic carboxylic acids is 1. The highest BCUT2D eigenvalue weighted by molar-refractivity contribution is 5.81. The molecule has 2 heterocycles. The lowest BCUT2D eigenvalue weighted by atomic mass is 9.96. The van der Waals surface area contributed by atoms with Crippen molar-refractivity contribution < 1.29 is 14.7 Å². The SMILES string of the molecule is Cc1cccc(C)c1-c1cc([C@H](CC(=O)O)NC(=O)[C@H](CC(C)C)n2ccccc2=O)ccn1. The van der Waals surface area contributed by atoms with Crippen molar-refractivity contribution in [3.05, 3.63) is 88.0 Å². The van der Waals surface area contributed by atoms with Crippen molar-refractivity contribution >= 4 is 11.9 Å². The van der Waals surface area contributed by atoms with Crippen molar-refractivity contribution in [2.75, 3.05) is 0 Å². The summed E-state index contributed by atoms with van der Waals surface area (Å²) >= 11 is 0. The zero-order chi connectivity index (χ0) is 24.8. The van der Waals surface area contributed by atoms with Crippen LogP contribution in [0.1, 0.15) is 55.5 Å². The smallest absolute Gasteiger partial charge is 0.305 e. The summed E-state index contributed by atoms with van der Waals surface area (Å²) < 4.78 is 1.40. The van der Waals surface area contributed by atoms with Crippen LogP contribution in [-0.2, 0) is 9.59 Å². The monoisotopic (exact) mass is 461 g/mol. The standard InChI is InChI=1S/C27H31N3O4/c1-17(2)14-23(30-13-6-5-10-24(30)31)27(34)29-21(16-25(32)33)20-11-12-28-22(15-20)26-18(3)8-7-9-19(26)4/h5-13,15,17,21,23H,14,16H2,1-4H3,(H,29,34)(H,32,33)/t21-,23-/m0/s1. The van der Waals surface area contributed by atoms with Gasteiger partial charge in [0.1, 0.15) is 6.04 Å². The van der Waals surface area contributed by atoms with Crippen molar-refractivity contribution in [2.24, 2.45) is 5.92 Å². The Hall–Kier alpha value is -3.74. The van der Waals surface area contributed by atoms with Crippen molar-refractivity contribution in [3.63, 3.8) is 0 Å². The number of nitrogens with one attached hydrogen (secondary N) is 1. The van der Waals surface area contributed by atoms with Gasteiger partial charge in [0.05, 0.1) is 18.2 Å². The van der Waals surface area contributed by atoms with Gasteiger partial charge in [-0.1, -0.05) is 38.1 Å². The van der Waals surface area contributed by atoms with E-state index in [1.165, 1.54) is 10.6 Å². The number of aryl methyl sites for hydroxylation is 2. The number of amides is 1. The van der Waals surface area contributed by atoms with Gasteiger partial charge in [-0.15, -0.1) is 0 Å². The van der Waals surface area contributed by atoms with Gasteiger partial charge in [-0.3, -0.25) is 19.4 Å². The molecule has 2 aromatic heterocycles. The zero-order valence-corrected chi connectivity index (χ0v) is 20.0. The molecule has 0 radical (unpaired) electrons. The van der Waals surface area contributed by atoms with Crippen LogP contribution in [0.15, 0.2) is 65.7 Å². The third-order valence-electron chi connectivity index (χ3n) is 5.80. The molecule has 0 aliphatic rings. The van der Waals surface area contributed by atoms with E-state index >= 15 is 0 Å². The summed E-state index contributed by atoms with van der Waals surface area (Å²) in [6.07, 6.45) is 3.37. The van der Waals surface area contributed by atoms with Crippen molar-refractivity contribution in [3.8, 4) is 11.3 Å². The Morgan fingerprint density at radius 3 is 2.38 bits per heavy atom. The van der Waals surface area contributed by atoms with Crippen LogP contribution in [0.4, 0.5) is 0 Å². The lowest BCUT2D eigenvalue weighted by Gasteiger charge is -2.25. The Kier molecular flexibility index (Phi) is 7.99. The highest BCUT2D eigenvalue weighted by Gasteiger charge is 2.27. The number of carbonyl (C=O) groups excluding carboxylic acids is 1. The molecule has 0 spiro atoms. The molecular formula is C27H31N3O4. The van der Waals surface area contributed by atoms with Crippen molar-refractivity contribution in [1.82, 2.24) is 14.9 Å². The van der Waals surface area contributed by atoms with Crippen LogP contribution >= 0.6 is 0 Å². The molecule has 3 rings (SSSR count). The van der Waals surface area contributed by atoms with E-state index in [1.807, 2.05) is 52.0 Å². The number of aromatic nitrogens is 2. The minimum absolute atomic E-state index is 0.150. The Morgan fingerprint density at radius 1 is 1.06 bits per heavy atom. The van der Waals surface area contributed by atoms with E-state index in [1.54, 1.807) is 30.6 Å². The second-order valence-electron chi connectivity index (χ2n) is 8.99. The van der Waals surface area contributed by atoms with Crippen LogP contribution in [0.3, 0.4) is 0 Å². The average molecular weight is 462 g/mol. The predicted molar refractivity (Wildman–Crippen MR) is 131 cm³/mol. The number of carboxylic acids is 1. The maximum atomic E-state index is 13.4. The lowest BCUT2D eigenvalue weighted by Crippen LogP contribution is -2.39. The molecule has 2 atom stereocenters. The molecule has 2 N–H and O–H groups in total. The molecule has 0 fully saturated rings. The summed E-state index contributed by atoms with van der Waals surface area (Å²) in [5, 5.41) is 12.5. The van der Waals surface area contributed by atoms with E-state index in [2.05, 4.69) is 10.3 Å². The Bertz CT molecular complexity index is 1210. The van der Waals surface area contributed by atoms with E-state index in [0.29, 0.717) is 12.0 Å². The van der Waals surface area contributed by atoms with Gasteiger partial charge in [0, 0.05) is 24.0 Å². The quantitative estimate of drug-likeness (QED) is 0.490. The molecule has 0 saturated heterocycles. The molecule has 7 heteroatoms. The first-order chi connectivity index (χ1) is 16.2. The van der Waals surface area contributed by atoms with Crippen LogP contribution in [0, 0.1) is 19.8 Å². The van der Waals surface area contributed by atoms with Crippen molar-refractivity contribution in [1.29, 1.82) is 0 Å². The first kappa shape index (κ1) is 24.9. The summed E-state index contributed by atoms with van der Waals surface area (Å²) in [4.78, 5) is 42.0. The van der Waals surface area contributed by atoms with Gasteiger partial charge in [-0.05, 0) is 61.1 Å². The molecule has 0 unspecified atom stereocenters. The van der Waals surface area contributed by atoms with Crippen LogP contribution in [0.2, 0.25) is 0 Å². The average Bonchev–Trinajstić information content (AvgIpc) is 2.77. The topological polar surface area (TPSA) is 101 Å². The predicted octanol–water partition coefficient (Wildman–Crippen LogP) is 4.45. The van der Waals surface area contributed by atoms with Gasteiger partial charge in [-0.2, -0.15) is 0 Å². The van der Waals surface area contributed by atoms with E-state index in [9.17, 15) is 19.5 Å². The molecule has 1 aromatic carbocycles. The van der Waals surface area contributed by atoms with Crippen LogP contribution in [-0.4, -0.2) is 26.5 Å². The number of benzene rings is 1. The summed E-state index contributed by atoms with van der Waals surface area (Å²) in [5.74, 6) is -1.27. The van der Waals surface area contributed by atoms with E-state index in [0.717, 1.165) is 22.4 Å². The Morgan fingerprint density at radius 2 is 1.76 bits per heavy atom. The first-order valence-electron chi connectivity index (χ1n) is 11.4. The maximum Gasteiger partial charge on any atom is 0.305 e. The van der Waals surface area contributed by atoms with Gasteiger partial charge in [0.25, 0.3) is 5.56 Å².